The summed E-state index contributed by atoms with van der Waals surface area (Å²) in [6, 6.07) is 11.0. The fourth-order valence-corrected chi connectivity index (χ4v) is 2.21. The molecule has 0 saturated heterocycles. The van der Waals surface area contributed by atoms with Crippen molar-refractivity contribution >= 4 is 29.4 Å². The number of hydrogen-bond acceptors (Lipinski definition) is 3. The molecule has 2 aromatic rings. The number of Topliss-reactive ketones (excluding diaryl/α,β-unsaturated/α-hetero) is 1. The van der Waals surface area contributed by atoms with Crippen molar-refractivity contribution in [2.45, 2.75) is 0 Å². The molecule has 0 spiro atoms. The number of rotatable bonds is 2. The van der Waals surface area contributed by atoms with Gasteiger partial charge < -0.3 is 9.84 Å². The van der Waals surface area contributed by atoms with Crippen LogP contribution in [-0.2, 0) is 0 Å². The third kappa shape index (κ3) is 2.53. The molecule has 2 aromatic carbocycles. The Labute approximate surface area is 125 Å². The summed E-state index contributed by atoms with van der Waals surface area (Å²) in [5.74, 6) is -0.576. The van der Waals surface area contributed by atoms with Crippen molar-refractivity contribution in [2.75, 3.05) is 0 Å². The standard InChI is InChI=1S/C16H9ClO4/c17-11-5-6-13-12(8-11)15(18)14(21-13)7-9-1-3-10(4-2-9)16(19)20/h1-8H,(H,19,20). The van der Waals surface area contributed by atoms with E-state index in [0.717, 1.165) is 0 Å². The molecule has 0 fully saturated rings. The van der Waals surface area contributed by atoms with Gasteiger partial charge in [-0.2, -0.15) is 0 Å². The van der Waals surface area contributed by atoms with Crippen molar-refractivity contribution in [3.63, 3.8) is 0 Å². The number of carboxylic acid groups (broad SMARTS) is 1. The second kappa shape index (κ2) is 5.07. The van der Waals surface area contributed by atoms with Crippen LogP contribution in [-0.4, -0.2) is 16.9 Å². The maximum absolute atomic E-state index is 12.2. The highest BCUT2D eigenvalue weighted by Crippen LogP contribution is 2.33. The van der Waals surface area contributed by atoms with Gasteiger partial charge in [0.1, 0.15) is 5.75 Å². The Morgan fingerprint density at radius 1 is 1.14 bits per heavy atom. The summed E-state index contributed by atoms with van der Waals surface area (Å²) in [5, 5.41) is 9.31. The number of allylic oxidation sites excluding steroid dienone is 1. The second-order valence-electron chi connectivity index (χ2n) is 4.51. The van der Waals surface area contributed by atoms with Crippen molar-refractivity contribution in [1.29, 1.82) is 0 Å². The van der Waals surface area contributed by atoms with Gasteiger partial charge in [-0.1, -0.05) is 23.7 Å². The number of carbonyl (C=O) groups is 2. The van der Waals surface area contributed by atoms with Gasteiger partial charge in [0.15, 0.2) is 5.76 Å². The molecule has 104 valence electrons. The zero-order chi connectivity index (χ0) is 15.0. The van der Waals surface area contributed by atoms with Crippen molar-refractivity contribution in [3.05, 3.63) is 69.9 Å². The van der Waals surface area contributed by atoms with E-state index in [1.54, 1.807) is 36.4 Å². The zero-order valence-corrected chi connectivity index (χ0v) is 11.4. The quantitative estimate of drug-likeness (QED) is 0.860. The number of hydrogen-bond donors (Lipinski definition) is 1. The van der Waals surface area contributed by atoms with E-state index < -0.39 is 5.97 Å². The molecule has 0 aliphatic carbocycles. The van der Waals surface area contributed by atoms with Gasteiger partial charge >= 0.3 is 5.97 Å². The third-order valence-corrected chi connectivity index (χ3v) is 3.32. The minimum absolute atomic E-state index is 0.186. The van der Waals surface area contributed by atoms with Crippen LogP contribution < -0.4 is 4.74 Å². The van der Waals surface area contributed by atoms with E-state index >= 15 is 0 Å². The first kappa shape index (κ1) is 13.4. The molecule has 0 amide bonds. The lowest BCUT2D eigenvalue weighted by atomic mass is 10.1. The summed E-state index contributed by atoms with van der Waals surface area (Å²) < 4.78 is 5.49. The summed E-state index contributed by atoms with van der Waals surface area (Å²) in [6.45, 7) is 0. The Kier molecular flexibility index (Phi) is 3.23. The van der Waals surface area contributed by atoms with Crippen molar-refractivity contribution < 1.29 is 19.4 Å². The molecule has 1 heterocycles. The van der Waals surface area contributed by atoms with Crippen LogP contribution in [0.4, 0.5) is 0 Å². The average molecular weight is 301 g/mol. The SMILES string of the molecule is O=C(O)c1ccc(C=C2Oc3ccc(Cl)cc3C2=O)cc1. The summed E-state index contributed by atoms with van der Waals surface area (Å²) in [4.78, 5) is 23.0. The van der Waals surface area contributed by atoms with E-state index in [2.05, 4.69) is 0 Å². The smallest absolute Gasteiger partial charge is 0.335 e. The number of halogens is 1. The molecule has 0 bridgehead atoms. The van der Waals surface area contributed by atoms with E-state index in [1.807, 2.05) is 0 Å². The summed E-state index contributed by atoms with van der Waals surface area (Å²) in [7, 11) is 0. The predicted molar refractivity (Wildman–Crippen MR) is 77.8 cm³/mol. The van der Waals surface area contributed by atoms with Crippen LogP contribution in [0.1, 0.15) is 26.3 Å². The normalized spacial score (nSPS) is 14.9. The number of aromatic carboxylic acids is 1. The molecule has 5 heteroatoms. The van der Waals surface area contributed by atoms with Gasteiger partial charge in [-0.25, -0.2) is 4.79 Å². The van der Waals surface area contributed by atoms with E-state index in [1.165, 1.54) is 12.1 Å². The molecule has 1 N–H and O–H groups in total. The molecule has 0 unspecified atom stereocenters. The highest BCUT2D eigenvalue weighted by atomic mass is 35.5. The zero-order valence-electron chi connectivity index (χ0n) is 10.7. The van der Waals surface area contributed by atoms with Crippen LogP contribution in [0.25, 0.3) is 6.08 Å². The lowest BCUT2D eigenvalue weighted by Crippen LogP contribution is -1.99. The van der Waals surface area contributed by atoms with Crippen LogP contribution in [0.5, 0.6) is 5.75 Å². The van der Waals surface area contributed by atoms with Crippen LogP contribution in [0, 0.1) is 0 Å². The van der Waals surface area contributed by atoms with Crippen LogP contribution in [0.3, 0.4) is 0 Å². The van der Waals surface area contributed by atoms with Gasteiger partial charge in [-0.3, -0.25) is 4.79 Å². The first-order chi connectivity index (χ1) is 10.0. The van der Waals surface area contributed by atoms with E-state index in [4.69, 9.17) is 21.4 Å². The molecule has 0 atom stereocenters. The number of carboxylic acids is 1. The Morgan fingerprint density at radius 2 is 1.86 bits per heavy atom. The van der Waals surface area contributed by atoms with Crippen molar-refractivity contribution in [1.82, 2.24) is 0 Å². The van der Waals surface area contributed by atoms with Crippen LogP contribution >= 0.6 is 11.6 Å². The Morgan fingerprint density at radius 3 is 2.52 bits per heavy atom. The fraction of sp³-hybridized carbons (Fsp3) is 0. The largest absolute Gasteiger partial charge is 0.478 e. The highest BCUT2D eigenvalue weighted by Gasteiger charge is 2.27. The lowest BCUT2D eigenvalue weighted by Gasteiger charge is -1.99. The topological polar surface area (TPSA) is 63.6 Å². The van der Waals surface area contributed by atoms with Crippen molar-refractivity contribution in [3.8, 4) is 5.75 Å². The van der Waals surface area contributed by atoms with Gasteiger partial charge in [0.2, 0.25) is 5.78 Å². The number of fused-ring (bicyclic) bond motifs is 1. The van der Waals surface area contributed by atoms with Gasteiger partial charge in [0, 0.05) is 5.02 Å². The fourth-order valence-electron chi connectivity index (χ4n) is 2.03. The molecule has 4 nitrogen and oxygen atoms in total. The molecule has 1 aliphatic heterocycles. The maximum atomic E-state index is 12.2. The number of carbonyl (C=O) groups excluding carboxylic acids is 1. The molecule has 0 radical (unpaired) electrons. The van der Waals surface area contributed by atoms with Gasteiger partial charge in [0.25, 0.3) is 0 Å². The first-order valence-electron chi connectivity index (χ1n) is 6.12. The Hall–Kier alpha value is -2.59. The second-order valence-corrected chi connectivity index (χ2v) is 4.94. The number of ketones is 1. The molecule has 0 aromatic heterocycles. The summed E-state index contributed by atoms with van der Waals surface area (Å²) >= 11 is 5.86. The van der Waals surface area contributed by atoms with Gasteiger partial charge in [-0.05, 0) is 42.0 Å². The molecule has 0 saturated carbocycles. The minimum Gasteiger partial charge on any atom is -0.478 e. The lowest BCUT2D eigenvalue weighted by molar-refractivity contribution is 0.0696. The maximum Gasteiger partial charge on any atom is 0.335 e. The monoisotopic (exact) mass is 300 g/mol. The van der Waals surface area contributed by atoms with E-state index in [9.17, 15) is 9.59 Å². The van der Waals surface area contributed by atoms with Crippen LogP contribution in [0.2, 0.25) is 5.02 Å². The number of benzene rings is 2. The Bertz CT molecular complexity index is 775. The van der Waals surface area contributed by atoms with Gasteiger partial charge in [0.05, 0.1) is 11.1 Å². The summed E-state index contributed by atoms with van der Waals surface area (Å²) in [6.07, 6.45) is 1.57. The molecule has 3 rings (SSSR count). The van der Waals surface area contributed by atoms with Gasteiger partial charge in [-0.15, -0.1) is 0 Å². The van der Waals surface area contributed by atoms with Crippen LogP contribution in [0.15, 0.2) is 48.2 Å². The number of ether oxygens (including phenoxy) is 1. The average Bonchev–Trinajstić information content (AvgIpc) is 2.76. The predicted octanol–water partition coefficient (Wildman–Crippen LogP) is 3.65. The molecule has 21 heavy (non-hydrogen) atoms. The van der Waals surface area contributed by atoms with Crippen molar-refractivity contribution in [2.24, 2.45) is 0 Å². The minimum atomic E-state index is -0.996. The first-order valence-corrected chi connectivity index (χ1v) is 6.49. The molecular formula is C16H9ClO4. The Balaban J connectivity index is 1.92. The third-order valence-electron chi connectivity index (χ3n) is 3.09. The van der Waals surface area contributed by atoms with E-state index in [-0.39, 0.29) is 17.1 Å². The summed E-state index contributed by atoms with van der Waals surface area (Å²) in [5.41, 5.74) is 1.30. The molecular weight excluding hydrogens is 292 g/mol. The highest BCUT2D eigenvalue weighted by molar-refractivity contribution is 6.31. The molecule has 1 aliphatic rings. The van der Waals surface area contributed by atoms with E-state index in [0.29, 0.717) is 21.9 Å².